The lowest BCUT2D eigenvalue weighted by molar-refractivity contribution is -0.150. The molecule has 0 aliphatic carbocycles. The Morgan fingerprint density at radius 3 is 2.58 bits per heavy atom. The number of anilines is 1. The molecule has 0 spiro atoms. The van der Waals surface area contributed by atoms with Crippen LogP contribution in [0.3, 0.4) is 0 Å². The summed E-state index contributed by atoms with van der Waals surface area (Å²) >= 11 is 0. The van der Waals surface area contributed by atoms with Gasteiger partial charge in [0.2, 0.25) is 5.95 Å². The molecule has 2 aliphatic heterocycles. The maximum atomic E-state index is 13.2. The second-order valence-electron chi connectivity index (χ2n) is 5.91. The highest BCUT2D eigenvalue weighted by Gasteiger charge is 2.38. The van der Waals surface area contributed by atoms with Crippen molar-refractivity contribution in [2.24, 2.45) is 0 Å². The fourth-order valence-electron chi connectivity index (χ4n) is 2.82. The standard InChI is InChI=1S/C15H20F2N4O3/c1-23-11-8-18-14(19-9-11)21-6-7-24-12(10-21)13(22)20-4-2-15(16,17)3-5-20/h8-9,12H,2-7,10H2,1H3. The topological polar surface area (TPSA) is 67.8 Å². The molecule has 0 N–H and O–H groups in total. The number of aromatic nitrogens is 2. The molecule has 2 aliphatic rings. The summed E-state index contributed by atoms with van der Waals surface area (Å²) in [5.74, 6) is -1.88. The highest BCUT2D eigenvalue weighted by molar-refractivity contribution is 5.82. The third-order valence-corrected chi connectivity index (χ3v) is 4.28. The molecule has 0 bridgehead atoms. The van der Waals surface area contributed by atoms with E-state index in [1.54, 1.807) is 12.4 Å². The number of methoxy groups -OCH3 is 1. The van der Waals surface area contributed by atoms with Crippen LogP contribution in [-0.2, 0) is 9.53 Å². The van der Waals surface area contributed by atoms with Crippen LogP contribution in [0.5, 0.6) is 5.75 Å². The van der Waals surface area contributed by atoms with Crippen LogP contribution >= 0.6 is 0 Å². The number of likely N-dealkylation sites (tertiary alicyclic amines) is 1. The number of rotatable bonds is 3. The Labute approximate surface area is 138 Å². The largest absolute Gasteiger partial charge is 0.494 e. The van der Waals surface area contributed by atoms with Crippen molar-refractivity contribution in [2.75, 3.05) is 44.8 Å². The van der Waals surface area contributed by atoms with Gasteiger partial charge in [0, 0.05) is 32.5 Å². The number of carbonyl (C=O) groups is 1. The Morgan fingerprint density at radius 2 is 1.96 bits per heavy atom. The SMILES string of the molecule is COc1cnc(N2CCOC(C(=O)N3CCC(F)(F)CC3)C2)nc1. The number of amides is 1. The van der Waals surface area contributed by atoms with E-state index < -0.39 is 12.0 Å². The molecule has 24 heavy (non-hydrogen) atoms. The second-order valence-corrected chi connectivity index (χ2v) is 5.91. The first kappa shape index (κ1) is 16.8. The predicted octanol–water partition coefficient (Wildman–Crippen LogP) is 0.948. The van der Waals surface area contributed by atoms with E-state index in [0.717, 1.165) is 0 Å². The Morgan fingerprint density at radius 1 is 1.29 bits per heavy atom. The van der Waals surface area contributed by atoms with Crippen LogP contribution < -0.4 is 9.64 Å². The summed E-state index contributed by atoms with van der Waals surface area (Å²) in [5, 5.41) is 0. The number of hydrogen-bond donors (Lipinski definition) is 0. The second kappa shape index (κ2) is 6.84. The van der Waals surface area contributed by atoms with Gasteiger partial charge in [0.25, 0.3) is 11.8 Å². The number of morpholine rings is 1. The molecule has 0 aromatic carbocycles. The van der Waals surface area contributed by atoms with Gasteiger partial charge in [0.05, 0.1) is 32.7 Å². The van der Waals surface area contributed by atoms with E-state index in [4.69, 9.17) is 9.47 Å². The van der Waals surface area contributed by atoms with Crippen molar-refractivity contribution in [2.45, 2.75) is 24.9 Å². The number of ether oxygens (including phenoxy) is 2. The molecule has 7 nitrogen and oxygen atoms in total. The normalized spacial score (nSPS) is 23.9. The van der Waals surface area contributed by atoms with Gasteiger partial charge in [-0.3, -0.25) is 4.79 Å². The third kappa shape index (κ3) is 3.72. The van der Waals surface area contributed by atoms with Crippen LogP contribution in [0.15, 0.2) is 12.4 Å². The van der Waals surface area contributed by atoms with E-state index in [0.29, 0.717) is 31.4 Å². The number of halogens is 2. The summed E-state index contributed by atoms with van der Waals surface area (Å²) in [6.07, 6.45) is 1.84. The molecule has 1 atom stereocenters. The molecule has 132 valence electrons. The van der Waals surface area contributed by atoms with E-state index in [1.165, 1.54) is 12.0 Å². The number of piperidine rings is 1. The van der Waals surface area contributed by atoms with E-state index >= 15 is 0 Å². The lowest BCUT2D eigenvalue weighted by atomic mass is 10.1. The fourth-order valence-corrected chi connectivity index (χ4v) is 2.82. The molecule has 2 saturated heterocycles. The van der Waals surface area contributed by atoms with Crippen LogP contribution in [0.4, 0.5) is 14.7 Å². The van der Waals surface area contributed by atoms with Crippen molar-refractivity contribution in [3.63, 3.8) is 0 Å². The number of alkyl halides is 2. The molecule has 3 rings (SSSR count). The average Bonchev–Trinajstić information content (AvgIpc) is 2.61. The van der Waals surface area contributed by atoms with Crippen molar-refractivity contribution in [1.82, 2.24) is 14.9 Å². The third-order valence-electron chi connectivity index (χ3n) is 4.28. The number of hydrogen-bond acceptors (Lipinski definition) is 6. The van der Waals surface area contributed by atoms with Gasteiger partial charge in [-0.25, -0.2) is 18.7 Å². The average molecular weight is 342 g/mol. The summed E-state index contributed by atoms with van der Waals surface area (Å²) in [7, 11) is 1.53. The van der Waals surface area contributed by atoms with Gasteiger partial charge in [-0.15, -0.1) is 0 Å². The zero-order valence-electron chi connectivity index (χ0n) is 13.5. The lowest BCUT2D eigenvalue weighted by Gasteiger charge is -2.37. The maximum Gasteiger partial charge on any atom is 0.253 e. The molecule has 0 saturated carbocycles. The monoisotopic (exact) mass is 342 g/mol. The van der Waals surface area contributed by atoms with Crippen LogP contribution in [0, 0.1) is 0 Å². The van der Waals surface area contributed by atoms with Gasteiger partial charge in [0.1, 0.15) is 0 Å². The molecule has 0 radical (unpaired) electrons. The van der Waals surface area contributed by atoms with Crippen LogP contribution in [0.1, 0.15) is 12.8 Å². The molecule has 1 aromatic rings. The Balaban J connectivity index is 1.61. The molecule has 2 fully saturated rings. The van der Waals surface area contributed by atoms with Crippen molar-refractivity contribution in [3.05, 3.63) is 12.4 Å². The minimum Gasteiger partial charge on any atom is -0.494 e. The van der Waals surface area contributed by atoms with Gasteiger partial charge in [-0.2, -0.15) is 0 Å². The first-order valence-corrected chi connectivity index (χ1v) is 7.88. The minimum absolute atomic E-state index is 0.0602. The van der Waals surface area contributed by atoms with E-state index in [1.807, 2.05) is 4.90 Å². The summed E-state index contributed by atoms with van der Waals surface area (Å²) in [6, 6.07) is 0. The van der Waals surface area contributed by atoms with Gasteiger partial charge >= 0.3 is 0 Å². The Hall–Kier alpha value is -2.03. The van der Waals surface area contributed by atoms with Crippen LogP contribution in [0.25, 0.3) is 0 Å². The van der Waals surface area contributed by atoms with Gasteiger partial charge in [-0.1, -0.05) is 0 Å². The summed E-state index contributed by atoms with van der Waals surface area (Å²) in [4.78, 5) is 24.2. The van der Waals surface area contributed by atoms with Gasteiger partial charge in [0.15, 0.2) is 11.9 Å². The minimum atomic E-state index is -2.67. The van der Waals surface area contributed by atoms with Crippen molar-refractivity contribution in [1.29, 1.82) is 0 Å². The van der Waals surface area contributed by atoms with Crippen molar-refractivity contribution >= 4 is 11.9 Å². The fraction of sp³-hybridized carbons (Fsp3) is 0.667. The van der Waals surface area contributed by atoms with E-state index in [9.17, 15) is 13.6 Å². The van der Waals surface area contributed by atoms with Gasteiger partial charge in [-0.05, 0) is 0 Å². The van der Waals surface area contributed by atoms with Crippen molar-refractivity contribution < 1.29 is 23.0 Å². The summed E-state index contributed by atoms with van der Waals surface area (Å²) in [6.45, 7) is 1.34. The Kier molecular flexibility index (Phi) is 4.79. The lowest BCUT2D eigenvalue weighted by Crippen LogP contribution is -2.53. The first-order valence-electron chi connectivity index (χ1n) is 7.88. The zero-order valence-corrected chi connectivity index (χ0v) is 13.5. The molecule has 1 aromatic heterocycles. The van der Waals surface area contributed by atoms with E-state index in [-0.39, 0.29) is 31.8 Å². The highest BCUT2D eigenvalue weighted by atomic mass is 19.3. The molecule has 1 unspecified atom stereocenters. The quantitative estimate of drug-likeness (QED) is 0.815. The zero-order chi connectivity index (χ0) is 17.2. The van der Waals surface area contributed by atoms with Gasteiger partial charge < -0.3 is 19.3 Å². The van der Waals surface area contributed by atoms with E-state index in [2.05, 4.69) is 9.97 Å². The molecule has 1 amide bonds. The smallest absolute Gasteiger partial charge is 0.253 e. The maximum absolute atomic E-state index is 13.2. The molecule has 3 heterocycles. The van der Waals surface area contributed by atoms with Crippen LogP contribution in [0.2, 0.25) is 0 Å². The van der Waals surface area contributed by atoms with Crippen LogP contribution in [-0.4, -0.2) is 72.7 Å². The first-order chi connectivity index (χ1) is 11.5. The number of carbonyl (C=O) groups excluding carboxylic acids is 1. The highest BCUT2D eigenvalue weighted by Crippen LogP contribution is 2.28. The summed E-state index contributed by atoms with van der Waals surface area (Å²) in [5.41, 5.74) is 0. The summed E-state index contributed by atoms with van der Waals surface area (Å²) < 4.78 is 37.0. The molecular formula is C15H20F2N4O3. The molecule has 9 heteroatoms. The number of nitrogens with zero attached hydrogens (tertiary/aromatic N) is 4. The molecular weight excluding hydrogens is 322 g/mol. The predicted molar refractivity (Wildman–Crippen MR) is 81.3 cm³/mol. The van der Waals surface area contributed by atoms with Crippen molar-refractivity contribution in [3.8, 4) is 5.75 Å². The Bertz CT molecular complexity index is 575.